The normalized spacial score (nSPS) is 19.9. The summed E-state index contributed by atoms with van der Waals surface area (Å²) in [6.45, 7) is 3.58. The summed E-state index contributed by atoms with van der Waals surface area (Å²) < 4.78 is 58.4. The first-order valence-corrected chi connectivity index (χ1v) is 11.2. The molecule has 1 amide bonds. The molecule has 1 aliphatic carbocycles. The summed E-state index contributed by atoms with van der Waals surface area (Å²) in [6.07, 6.45) is -2.87. The number of carbonyl (C=O) groups excluding carboxylic acids is 1. The number of amides is 1. The number of aromatic nitrogens is 1. The molecule has 3 atom stereocenters. The summed E-state index contributed by atoms with van der Waals surface area (Å²) in [7, 11) is 0. The Morgan fingerprint density at radius 2 is 2.03 bits per heavy atom. The highest BCUT2D eigenvalue weighted by Gasteiger charge is 2.35. The van der Waals surface area contributed by atoms with Gasteiger partial charge in [-0.25, -0.2) is 4.39 Å². The Kier molecular flexibility index (Phi) is 8.32. The van der Waals surface area contributed by atoms with Crippen LogP contribution in [-0.4, -0.2) is 46.1 Å². The largest absolute Gasteiger partial charge is 0.419 e. The molecule has 0 radical (unpaired) electrons. The van der Waals surface area contributed by atoms with E-state index in [2.05, 4.69) is 15.8 Å². The molecule has 34 heavy (non-hydrogen) atoms. The molecule has 1 aromatic heterocycles. The Morgan fingerprint density at radius 1 is 1.29 bits per heavy atom. The van der Waals surface area contributed by atoms with Crippen LogP contribution >= 0.6 is 0 Å². The molecule has 11 heteroatoms. The summed E-state index contributed by atoms with van der Waals surface area (Å²) in [4.78, 5) is 13.0. The number of nitrogens with one attached hydrogen (secondary N) is 2. The van der Waals surface area contributed by atoms with Gasteiger partial charge in [0.15, 0.2) is 11.5 Å². The van der Waals surface area contributed by atoms with Crippen molar-refractivity contribution in [2.24, 2.45) is 5.92 Å². The van der Waals surface area contributed by atoms with Gasteiger partial charge in [0.1, 0.15) is 5.82 Å². The van der Waals surface area contributed by atoms with E-state index in [4.69, 9.17) is 4.52 Å². The minimum atomic E-state index is -4.85. The fraction of sp³-hybridized carbons (Fsp3) is 0.565. The van der Waals surface area contributed by atoms with Gasteiger partial charge in [0.2, 0.25) is 0 Å². The van der Waals surface area contributed by atoms with Crippen molar-refractivity contribution in [1.82, 2.24) is 15.8 Å². The average molecular weight is 487 g/mol. The van der Waals surface area contributed by atoms with Crippen LogP contribution in [0.1, 0.15) is 61.1 Å². The zero-order valence-corrected chi connectivity index (χ0v) is 19.0. The molecule has 1 fully saturated rings. The number of alkyl halides is 3. The molecule has 3 rings (SSSR count). The first kappa shape index (κ1) is 26.1. The third-order valence-electron chi connectivity index (χ3n) is 6.06. The number of nitrogens with zero attached hydrogens (tertiary/aromatic N) is 1. The maximum Gasteiger partial charge on any atom is 0.419 e. The average Bonchev–Trinajstić information content (AvgIpc) is 3.17. The second kappa shape index (κ2) is 10.8. The van der Waals surface area contributed by atoms with E-state index in [-0.39, 0.29) is 53.7 Å². The predicted molar refractivity (Wildman–Crippen MR) is 115 cm³/mol. The lowest BCUT2D eigenvalue weighted by atomic mass is 9.93. The maximum atomic E-state index is 14.2. The molecule has 1 saturated carbocycles. The second-order valence-electron chi connectivity index (χ2n) is 8.94. The first-order valence-electron chi connectivity index (χ1n) is 11.2. The lowest BCUT2D eigenvalue weighted by Crippen LogP contribution is -2.41. The van der Waals surface area contributed by atoms with Crippen LogP contribution < -0.4 is 10.6 Å². The van der Waals surface area contributed by atoms with Gasteiger partial charge in [-0.2, -0.15) is 13.2 Å². The van der Waals surface area contributed by atoms with Crippen LogP contribution in [0.4, 0.5) is 17.6 Å². The van der Waals surface area contributed by atoms with Gasteiger partial charge in [0.25, 0.3) is 5.91 Å². The van der Waals surface area contributed by atoms with Gasteiger partial charge in [-0.15, -0.1) is 0 Å². The van der Waals surface area contributed by atoms with Crippen molar-refractivity contribution in [2.45, 2.75) is 70.4 Å². The molecule has 0 aliphatic heterocycles. The van der Waals surface area contributed by atoms with Crippen LogP contribution in [0.2, 0.25) is 0 Å². The number of benzene rings is 1. The zero-order valence-electron chi connectivity index (χ0n) is 19.0. The summed E-state index contributed by atoms with van der Waals surface area (Å²) in [5, 5.41) is 29.2. The van der Waals surface area contributed by atoms with Crippen molar-refractivity contribution in [3.8, 4) is 11.3 Å². The van der Waals surface area contributed by atoms with Crippen LogP contribution in [-0.2, 0) is 12.7 Å². The molecule has 1 aromatic carbocycles. The number of rotatable bonds is 8. The minimum absolute atomic E-state index is 0.000919. The third kappa shape index (κ3) is 6.13. The molecular weight excluding hydrogens is 458 g/mol. The van der Waals surface area contributed by atoms with Gasteiger partial charge < -0.3 is 25.4 Å². The molecule has 0 saturated heterocycles. The van der Waals surface area contributed by atoms with Crippen molar-refractivity contribution < 1.29 is 37.1 Å². The molecule has 2 aromatic rings. The Balaban J connectivity index is 1.93. The fourth-order valence-corrected chi connectivity index (χ4v) is 4.06. The van der Waals surface area contributed by atoms with Crippen LogP contribution in [0.3, 0.4) is 0 Å². The van der Waals surface area contributed by atoms with Gasteiger partial charge >= 0.3 is 6.18 Å². The van der Waals surface area contributed by atoms with E-state index >= 15 is 0 Å². The van der Waals surface area contributed by atoms with E-state index in [1.165, 1.54) is 0 Å². The van der Waals surface area contributed by atoms with Crippen LogP contribution in [0, 0.1) is 11.7 Å². The van der Waals surface area contributed by atoms with E-state index in [1.807, 2.05) is 13.8 Å². The molecule has 188 valence electrons. The number of halogens is 4. The number of carbonyl (C=O) groups is 1. The standard InChI is InChI=1S/C23H29F4N3O4/c1-12(2)19(11-31)28-10-16-20(22(33)29-14-4-3-5-15(32)9-14)30-34-21(16)13-6-7-17(18(24)8-13)23(25,26)27/h6-8,12,14-15,19,28,31-32H,3-5,9-11H2,1-2H3,(H,29,33)/t14-,15+,19+/m1/s1. The number of aliphatic hydroxyl groups excluding tert-OH is 2. The van der Waals surface area contributed by atoms with E-state index < -0.39 is 29.6 Å². The van der Waals surface area contributed by atoms with Crippen LogP contribution in [0.5, 0.6) is 0 Å². The molecule has 0 spiro atoms. The summed E-state index contributed by atoms with van der Waals surface area (Å²) in [5.41, 5.74) is -1.29. The molecular formula is C23H29F4N3O4. The Hall–Kier alpha value is -2.50. The van der Waals surface area contributed by atoms with Crippen molar-refractivity contribution in [3.63, 3.8) is 0 Å². The number of aliphatic hydroxyl groups is 2. The second-order valence-corrected chi connectivity index (χ2v) is 8.94. The molecule has 0 unspecified atom stereocenters. The Bertz CT molecular complexity index is 993. The smallest absolute Gasteiger partial charge is 0.395 e. The van der Waals surface area contributed by atoms with Crippen molar-refractivity contribution in [3.05, 3.63) is 40.8 Å². The van der Waals surface area contributed by atoms with E-state index in [1.54, 1.807) is 0 Å². The van der Waals surface area contributed by atoms with Gasteiger partial charge in [-0.05, 0) is 43.7 Å². The number of hydrogen-bond acceptors (Lipinski definition) is 6. The molecule has 0 bridgehead atoms. The van der Waals surface area contributed by atoms with E-state index in [0.717, 1.165) is 12.5 Å². The van der Waals surface area contributed by atoms with E-state index in [0.29, 0.717) is 31.4 Å². The molecule has 1 aliphatic rings. The molecule has 7 nitrogen and oxygen atoms in total. The predicted octanol–water partition coefficient (Wildman–Crippen LogP) is 3.64. The topological polar surface area (TPSA) is 108 Å². The molecule has 1 heterocycles. The number of hydrogen-bond donors (Lipinski definition) is 4. The summed E-state index contributed by atoms with van der Waals surface area (Å²) in [6, 6.07) is 1.76. The minimum Gasteiger partial charge on any atom is -0.395 e. The lowest BCUT2D eigenvalue weighted by Gasteiger charge is -2.26. The van der Waals surface area contributed by atoms with Crippen molar-refractivity contribution >= 4 is 5.91 Å². The summed E-state index contributed by atoms with van der Waals surface area (Å²) >= 11 is 0. The highest BCUT2D eigenvalue weighted by molar-refractivity contribution is 5.95. The summed E-state index contributed by atoms with van der Waals surface area (Å²) in [5.74, 6) is -2.05. The van der Waals surface area contributed by atoms with Gasteiger partial charge in [-0.1, -0.05) is 25.1 Å². The van der Waals surface area contributed by atoms with Crippen molar-refractivity contribution in [1.29, 1.82) is 0 Å². The van der Waals surface area contributed by atoms with Crippen LogP contribution in [0.15, 0.2) is 22.7 Å². The van der Waals surface area contributed by atoms with Crippen LogP contribution in [0.25, 0.3) is 11.3 Å². The zero-order chi connectivity index (χ0) is 25.0. The monoisotopic (exact) mass is 487 g/mol. The molecule has 4 N–H and O–H groups in total. The Labute approximate surface area is 194 Å². The Morgan fingerprint density at radius 3 is 2.62 bits per heavy atom. The highest BCUT2D eigenvalue weighted by atomic mass is 19.4. The quantitative estimate of drug-likeness (QED) is 0.424. The highest BCUT2D eigenvalue weighted by Crippen LogP contribution is 2.35. The van der Waals surface area contributed by atoms with Gasteiger partial charge in [0, 0.05) is 29.8 Å². The van der Waals surface area contributed by atoms with Gasteiger partial charge in [0.05, 0.1) is 18.3 Å². The SMILES string of the molecule is CC(C)[C@H](CO)NCc1c(C(=O)N[C@@H]2CCC[C@H](O)C2)noc1-c1ccc(C(F)(F)F)c(F)c1. The maximum absolute atomic E-state index is 14.2. The van der Waals surface area contributed by atoms with E-state index in [9.17, 15) is 32.6 Å². The first-order chi connectivity index (χ1) is 16.0. The van der Waals surface area contributed by atoms with Crippen molar-refractivity contribution in [2.75, 3.05) is 6.61 Å². The fourth-order valence-electron chi connectivity index (χ4n) is 4.06. The lowest BCUT2D eigenvalue weighted by molar-refractivity contribution is -0.139. The third-order valence-corrected chi connectivity index (χ3v) is 6.06. The van der Waals surface area contributed by atoms with Gasteiger partial charge in [-0.3, -0.25) is 4.79 Å².